The zero-order valence-electron chi connectivity index (χ0n) is 41.6. The van der Waals surface area contributed by atoms with Crippen LogP contribution in [0.5, 0.6) is 0 Å². The number of nitrogens with one attached hydrogen (secondary N) is 6. The Morgan fingerprint density at radius 1 is 0.464 bits per heavy atom. The molecule has 20 nitrogen and oxygen atoms in total. The molecule has 6 N–H and O–H groups in total. The molecule has 2 aromatic heterocycles. The van der Waals surface area contributed by atoms with Crippen LogP contribution in [0, 0.1) is 25.7 Å². The molecule has 0 aliphatic heterocycles. The van der Waals surface area contributed by atoms with Crippen molar-refractivity contribution < 1.29 is 47.7 Å². The summed E-state index contributed by atoms with van der Waals surface area (Å²) in [5.74, 6) is -0.231. The maximum absolute atomic E-state index is 12.2. The van der Waals surface area contributed by atoms with Crippen LogP contribution in [0.15, 0.2) is 21.7 Å². The lowest BCUT2D eigenvalue weighted by molar-refractivity contribution is -0.146. The van der Waals surface area contributed by atoms with Crippen molar-refractivity contribution in [2.75, 3.05) is 50.2 Å². The highest BCUT2D eigenvalue weighted by Gasteiger charge is 2.12. The first kappa shape index (κ1) is 59.3. The number of hydrogen-bond donors (Lipinski definition) is 6. The molecular formula is C49H80N8O12. The fraction of sp³-hybridized carbons (Fsp3) is 0.714. The van der Waals surface area contributed by atoms with Gasteiger partial charge in [-0.15, -0.1) is 0 Å². The van der Waals surface area contributed by atoms with Gasteiger partial charge in [-0.3, -0.25) is 49.4 Å². The number of amides is 4. The van der Waals surface area contributed by atoms with Gasteiger partial charge in [0.05, 0.1) is 26.4 Å². The number of unbranched alkanes of at least 4 members (excludes halogenated alkanes) is 12. The van der Waals surface area contributed by atoms with Gasteiger partial charge in [0.1, 0.15) is 0 Å². The van der Waals surface area contributed by atoms with Crippen LogP contribution in [0.4, 0.5) is 21.5 Å². The average Bonchev–Trinajstić information content (AvgIpc) is 3.28. The number of H-pyrrole nitrogens is 2. The number of nitrogens with zero attached hydrogens (tertiary/aromatic N) is 2. The van der Waals surface area contributed by atoms with Crippen LogP contribution in [0.25, 0.3) is 0 Å². The summed E-state index contributed by atoms with van der Waals surface area (Å²) in [5, 5.41) is 10.5. The summed E-state index contributed by atoms with van der Waals surface area (Å²) in [6.07, 6.45) is 16.9. The third kappa shape index (κ3) is 33.3. The molecule has 2 aromatic rings. The number of esters is 4. The highest BCUT2D eigenvalue weighted by Crippen LogP contribution is 2.15. The molecule has 69 heavy (non-hydrogen) atoms. The van der Waals surface area contributed by atoms with Gasteiger partial charge in [-0.2, -0.15) is 0 Å². The summed E-state index contributed by atoms with van der Waals surface area (Å²) in [6.45, 7) is 9.78. The van der Waals surface area contributed by atoms with Crippen LogP contribution in [-0.2, 0) is 38.1 Å². The van der Waals surface area contributed by atoms with E-state index in [1.165, 1.54) is 12.1 Å². The Morgan fingerprint density at radius 3 is 1.19 bits per heavy atom. The molecular weight excluding hydrogens is 893 g/mol. The normalized spacial score (nSPS) is 11.8. The van der Waals surface area contributed by atoms with Gasteiger partial charge in [0.25, 0.3) is 11.1 Å². The van der Waals surface area contributed by atoms with Crippen LogP contribution in [0.2, 0.25) is 0 Å². The second-order valence-electron chi connectivity index (χ2n) is 17.8. The molecule has 20 heteroatoms. The maximum Gasteiger partial charge on any atom is 0.321 e. The Balaban J connectivity index is 1.30. The topological polar surface area (TPSA) is 279 Å². The van der Waals surface area contributed by atoms with Crippen molar-refractivity contribution in [3.63, 3.8) is 0 Å². The second-order valence-corrected chi connectivity index (χ2v) is 17.8. The first-order chi connectivity index (χ1) is 33.2. The fourth-order valence-electron chi connectivity index (χ4n) is 6.99. The van der Waals surface area contributed by atoms with Gasteiger partial charge in [-0.05, 0) is 89.9 Å². The second kappa shape index (κ2) is 37.1. The first-order valence-electron chi connectivity index (χ1n) is 25.1. The van der Waals surface area contributed by atoms with Crippen LogP contribution < -0.4 is 32.4 Å². The van der Waals surface area contributed by atoms with Gasteiger partial charge in [0, 0.05) is 62.3 Å². The lowest BCUT2D eigenvalue weighted by atomic mass is 10.0. The Kier molecular flexibility index (Phi) is 31.9. The summed E-state index contributed by atoms with van der Waals surface area (Å²) in [5.41, 5.74) is 0.358. The molecule has 0 bridgehead atoms. The van der Waals surface area contributed by atoms with Crippen molar-refractivity contribution in [3.05, 3.63) is 44.2 Å². The Hall–Kier alpha value is -5.82. The Bertz CT molecular complexity index is 1800. The molecule has 0 saturated heterocycles. The quantitative estimate of drug-likeness (QED) is 0.0213. The number of aryl methyl sites for hydroxylation is 2. The zero-order chi connectivity index (χ0) is 50.5. The summed E-state index contributed by atoms with van der Waals surface area (Å²) >= 11 is 0. The van der Waals surface area contributed by atoms with Gasteiger partial charge in [-0.1, -0.05) is 71.6 Å². The van der Waals surface area contributed by atoms with Crippen LogP contribution in [0.3, 0.4) is 0 Å². The molecule has 2 atom stereocenters. The molecule has 0 aliphatic carbocycles. The van der Waals surface area contributed by atoms with E-state index in [0.29, 0.717) is 102 Å². The number of carbonyl (C=O) groups is 6. The van der Waals surface area contributed by atoms with Crippen molar-refractivity contribution in [2.45, 2.75) is 175 Å². The molecule has 2 heterocycles. The van der Waals surface area contributed by atoms with E-state index in [1.807, 2.05) is 13.8 Å². The minimum Gasteiger partial charge on any atom is -0.466 e. The van der Waals surface area contributed by atoms with E-state index >= 15 is 0 Å². The number of aromatic nitrogens is 4. The number of hydrogen-bond acceptors (Lipinski definition) is 14. The zero-order valence-corrected chi connectivity index (χ0v) is 41.6. The fourth-order valence-corrected chi connectivity index (χ4v) is 6.99. The molecule has 0 aromatic carbocycles. The molecule has 0 radical (unpaired) electrons. The van der Waals surface area contributed by atoms with E-state index in [4.69, 9.17) is 18.9 Å². The van der Waals surface area contributed by atoms with E-state index in [-0.39, 0.29) is 58.7 Å². The van der Waals surface area contributed by atoms with Crippen LogP contribution in [-0.4, -0.2) is 95.4 Å². The first-order valence-corrected chi connectivity index (χ1v) is 25.1. The van der Waals surface area contributed by atoms with E-state index < -0.39 is 12.1 Å². The van der Waals surface area contributed by atoms with E-state index in [1.54, 1.807) is 13.8 Å². The number of carbonyl (C=O) groups excluding carboxylic acids is 6. The predicted molar refractivity (Wildman–Crippen MR) is 262 cm³/mol. The maximum atomic E-state index is 12.2. The predicted octanol–water partition coefficient (Wildman–Crippen LogP) is 7.83. The number of ether oxygens (including phenoxy) is 4. The number of anilines is 2. The van der Waals surface area contributed by atoms with Gasteiger partial charge >= 0.3 is 35.9 Å². The Labute approximate surface area is 406 Å². The largest absolute Gasteiger partial charge is 0.466 e. The number of rotatable bonds is 38. The summed E-state index contributed by atoms with van der Waals surface area (Å²) in [6, 6.07) is 1.82. The molecule has 0 fully saturated rings. The number of aromatic amines is 2. The molecule has 0 aliphatic rings. The SMILES string of the molecule is Cc1cc(=O)[nH]c(NC(=O)NCCCCCCCC(=O)OCCC(C)CCC(=O)OCCCCCCCOC(=O)CCC(C)CCOC(=O)CCCCCCCNC(=O)Nc2nc(C)cc(=O)[nH]2)n1. The van der Waals surface area contributed by atoms with Crippen molar-refractivity contribution in [2.24, 2.45) is 11.8 Å². The van der Waals surface area contributed by atoms with E-state index in [2.05, 4.69) is 41.2 Å². The van der Waals surface area contributed by atoms with Gasteiger partial charge in [0.15, 0.2) is 0 Å². The highest BCUT2D eigenvalue weighted by atomic mass is 16.5. The van der Waals surface area contributed by atoms with Gasteiger partial charge in [0.2, 0.25) is 11.9 Å². The molecule has 4 amide bonds. The monoisotopic (exact) mass is 973 g/mol. The summed E-state index contributed by atoms with van der Waals surface area (Å²) < 4.78 is 21.5. The van der Waals surface area contributed by atoms with E-state index in [9.17, 15) is 38.4 Å². The third-order valence-electron chi connectivity index (χ3n) is 11.1. The van der Waals surface area contributed by atoms with Gasteiger partial charge in [-0.25, -0.2) is 19.6 Å². The molecule has 2 unspecified atom stereocenters. The van der Waals surface area contributed by atoms with Crippen molar-refractivity contribution >= 4 is 47.8 Å². The number of urea groups is 2. The van der Waals surface area contributed by atoms with E-state index in [0.717, 1.165) is 96.3 Å². The summed E-state index contributed by atoms with van der Waals surface area (Å²) in [4.78, 5) is 108. The molecule has 0 spiro atoms. The lowest BCUT2D eigenvalue weighted by Gasteiger charge is -2.12. The standard InChI is InChI=1S/C49H80N8O12/c1-36(26-32-68-42(60)20-14-8-5-10-16-28-50-48(64)56-46-52-38(3)34-40(58)54-46)22-24-44(62)66-30-18-12-7-13-19-31-67-45(63)25-23-37(2)27-33-69-43(61)21-15-9-6-11-17-29-51-49(65)57-47-53-39(4)35-41(59)55-47/h34-37H,5-33H2,1-4H3,(H3,50,52,54,56,58,64)(H3,51,53,55,57,59,65). The highest BCUT2D eigenvalue weighted by molar-refractivity contribution is 5.87. The summed E-state index contributed by atoms with van der Waals surface area (Å²) in [7, 11) is 0. The van der Waals surface area contributed by atoms with Gasteiger partial charge < -0.3 is 29.6 Å². The smallest absolute Gasteiger partial charge is 0.321 e. The lowest BCUT2D eigenvalue weighted by Crippen LogP contribution is -2.31. The van der Waals surface area contributed by atoms with Crippen molar-refractivity contribution in [3.8, 4) is 0 Å². The molecule has 2 rings (SSSR count). The molecule has 388 valence electrons. The van der Waals surface area contributed by atoms with Crippen LogP contribution >= 0.6 is 0 Å². The molecule has 0 saturated carbocycles. The van der Waals surface area contributed by atoms with Crippen molar-refractivity contribution in [1.82, 2.24) is 30.6 Å². The third-order valence-corrected chi connectivity index (χ3v) is 11.1. The minimum absolute atomic E-state index is 0.104. The minimum atomic E-state index is -0.433. The average molecular weight is 973 g/mol. The van der Waals surface area contributed by atoms with Crippen molar-refractivity contribution in [1.29, 1.82) is 0 Å². The Morgan fingerprint density at radius 2 is 0.797 bits per heavy atom. The van der Waals surface area contributed by atoms with Crippen LogP contribution in [0.1, 0.15) is 173 Å².